The molecule has 0 aliphatic rings. The number of guanidine groups is 1. The van der Waals surface area contributed by atoms with Gasteiger partial charge in [0.2, 0.25) is 5.88 Å². The van der Waals surface area contributed by atoms with Gasteiger partial charge < -0.3 is 15.4 Å². The summed E-state index contributed by atoms with van der Waals surface area (Å²) in [7, 11) is 0. The van der Waals surface area contributed by atoms with Gasteiger partial charge in [0.25, 0.3) is 0 Å². The summed E-state index contributed by atoms with van der Waals surface area (Å²) in [5, 5.41) is 8.68. The van der Waals surface area contributed by atoms with Crippen molar-refractivity contribution in [3.05, 3.63) is 46.3 Å². The average molecular weight is 332 g/mol. The minimum Gasteiger partial charge on any atom is -0.477 e. The molecule has 2 heterocycles. The van der Waals surface area contributed by atoms with E-state index in [0.717, 1.165) is 31.0 Å². The van der Waals surface area contributed by atoms with Crippen molar-refractivity contribution in [1.82, 2.24) is 15.6 Å². The summed E-state index contributed by atoms with van der Waals surface area (Å²) >= 11 is 1.73. The van der Waals surface area contributed by atoms with Crippen LogP contribution in [0.5, 0.6) is 5.88 Å². The molecule has 0 amide bonds. The Morgan fingerprint density at radius 2 is 2.17 bits per heavy atom. The molecule has 2 rings (SSSR count). The van der Waals surface area contributed by atoms with E-state index in [0.29, 0.717) is 19.0 Å². The van der Waals surface area contributed by atoms with Crippen LogP contribution in [0.15, 0.2) is 40.8 Å². The zero-order chi connectivity index (χ0) is 16.3. The molecule has 2 aromatic rings. The topological polar surface area (TPSA) is 58.5 Å². The van der Waals surface area contributed by atoms with E-state index >= 15 is 0 Å². The Labute approximate surface area is 141 Å². The van der Waals surface area contributed by atoms with E-state index in [9.17, 15) is 0 Å². The normalized spacial score (nSPS) is 11.3. The minimum atomic E-state index is 0.534. The number of thiophene rings is 1. The van der Waals surface area contributed by atoms with Crippen LogP contribution in [0.3, 0.4) is 0 Å². The van der Waals surface area contributed by atoms with Gasteiger partial charge in [-0.2, -0.15) is 0 Å². The highest BCUT2D eigenvalue weighted by molar-refractivity contribution is 7.09. The highest BCUT2D eigenvalue weighted by Crippen LogP contribution is 2.15. The summed E-state index contributed by atoms with van der Waals surface area (Å²) < 4.78 is 5.68. The first-order valence-electron chi connectivity index (χ1n) is 7.94. The molecule has 0 aliphatic carbocycles. The van der Waals surface area contributed by atoms with Crippen molar-refractivity contribution in [2.75, 3.05) is 13.2 Å². The van der Waals surface area contributed by atoms with Gasteiger partial charge in [0.15, 0.2) is 5.96 Å². The van der Waals surface area contributed by atoms with E-state index in [4.69, 9.17) is 4.74 Å². The summed E-state index contributed by atoms with van der Waals surface area (Å²) in [5.41, 5.74) is 0.995. The van der Waals surface area contributed by atoms with E-state index in [1.165, 1.54) is 4.88 Å². The molecular weight excluding hydrogens is 308 g/mol. The Morgan fingerprint density at radius 1 is 1.26 bits per heavy atom. The van der Waals surface area contributed by atoms with Crippen molar-refractivity contribution in [3.8, 4) is 5.88 Å². The molecule has 2 aromatic heterocycles. The largest absolute Gasteiger partial charge is 0.477 e. The number of hydrogen-bond donors (Lipinski definition) is 2. The van der Waals surface area contributed by atoms with E-state index in [1.807, 2.05) is 12.1 Å². The Hall–Kier alpha value is -2.08. The SMILES string of the molecule is CCCOc1ncccc1CN=C(NCC)NCc1cccs1. The van der Waals surface area contributed by atoms with Crippen LogP contribution in [0.25, 0.3) is 0 Å². The molecule has 0 aromatic carbocycles. The fourth-order valence-corrected chi connectivity index (χ4v) is 2.61. The highest BCUT2D eigenvalue weighted by Gasteiger charge is 2.05. The maximum Gasteiger partial charge on any atom is 0.218 e. The number of aliphatic imine (C=N–C) groups is 1. The zero-order valence-electron chi connectivity index (χ0n) is 13.7. The predicted molar refractivity (Wildman–Crippen MR) is 96.0 cm³/mol. The van der Waals surface area contributed by atoms with Gasteiger partial charge >= 0.3 is 0 Å². The summed E-state index contributed by atoms with van der Waals surface area (Å²) in [6.45, 7) is 6.94. The van der Waals surface area contributed by atoms with Crippen LogP contribution in [-0.4, -0.2) is 24.1 Å². The molecule has 0 unspecified atom stereocenters. The lowest BCUT2D eigenvalue weighted by molar-refractivity contribution is 0.302. The van der Waals surface area contributed by atoms with Crippen LogP contribution in [-0.2, 0) is 13.1 Å². The fraction of sp³-hybridized carbons (Fsp3) is 0.412. The van der Waals surface area contributed by atoms with Crippen molar-refractivity contribution in [2.24, 2.45) is 4.99 Å². The molecule has 0 saturated carbocycles. The van der Waals surface area contributed by atoms with Crippen LogP contribution in [0.2, 0.25) is 0 Å². The lowest BCUT2D eigenvalue weighted by Gasteiger charge is -2.11. The standard InChI is InChI=1S/C17H24N4OS/c1-3-10-22-16-14(7-5-9-19-16)12-20-17(18-4-2)21-13-15-8-6-11-23-15/h5-9,11H,3-4,10,12-13H2,1-2H3,(H2,18,20,21). The summed E-state index contributed by atoms with van der Waals surface area (Å²) in [6.07, 6.45) is 2.71. The predicted octanol–water partition coefficient (Wildman–Crippen LogP) is 3.19. The van der Waals surface area contributed by atoms with Gasteiger partial charge in [-0.25, -0.2) is 9.98 Å². The second-order valence-electron chi connectivity index (χ2n) is 4.94. The van der Waals surface area contributed by atoms with Crippen LogP contribution in [0.4, 0.5) is 0 Å². The molecule has 5 nitrogen and oxygen atoms in total. The third kappa shape index (κ3) is 5.90. The van der Waals surface area contributed by atoms with E-state index < -0.39 is 0 Å². The molecule has 0 spiro atoms. The number of ether oxygens (including phenoxy) is 1. The minimum absolute atomic E-state index is 0.534. The van der Waals surface area contributed by atoms with Crippen LogP contribution in [0, 0.1) is 0 Å². The number of pyridine rings is 1. The number of nitrogens with one attached hydrogen (secondary N) is 2. The van der Waals surface area contributed by atoms with Crippen molar-refractivity contribution < 1.29 is 4.74 Å². The zero-order valence-corrected chi connectivity index (χ0v) is 14.5. The first kappa shape index (κ1) is 17.3. The lowest BCUT2D eigenvalue weighted by atomic mass is 10.3. The molecule has 0 saturated heterocycles. The second kappa shape index (κ2) is 9.84. The number of aromatic nitrogens is 1. The molecule has 0 aliphatic heterocycles. The Bertz CT molecular complexity index is 598. The Kier molecular flexibility index (Phi) is 7.39. The Morgan fingerprint density at radius 3 is 2.91 bits per heavy atom. The molecule has 0 bridgehead atoms. The van der Waals surface area contributed by atoms with Crippen LogP contribution in [0.1, 0.15) is 30.7 Å². The molecule has 0 fully saturated rings. The van der Waals surface area contributed by atoms with Gasteiger partial charge in [-0.05, 0) is 30.9 Å². The number of hydrogen-bond acceptors (Lipinski definition) is 4. The molecule has 6 heteroatoms. The third-order valence-corrected chi connectivity index (χ3v) is 3.93. The van der Waals surface area contributed by atoms with Crippen molar-refractivity contribution in [1.29, 1.82) is 0 Å². The van der Waals surface area contributed by atoms with E-state index in [-0.39, 0.29) is 0 Å². The molecule has 0 radical (unpaired) electrons. The highest BCUT2D eigenvalue weighted by atomic mass is 32.1. The quantitative estimate of drug-likeness (QED) is 0.576. The van der Waals surface area contributed by atoms with Gasteiger partial charge in [0.05, 0.1) is 19.7 Å². The number of rotatable bonds is 8. The molecule has 124 valence electrons. The summed E-state index contributed by atoms with van der Waals surface area (Å²) in [5.74, 6) is 1.47. The first-order chi connectivity index (χ1) is 11.3. The van der Waals surface area contributed by atoms with E-state index in [2.05, 4.69) is 52.0 Å². The van der Waals surface area contributed by atoms with Crippen molar-refractivity contribution in [3.63, 3.8) is 0 Å². The van der Waals surface area contributed by atoms with Gasteiger partial charge in [-0.3, -0.25) is 0 Å². The summed E-state index contributed by atoms with van der Waals surface area (Å²) in [4.78, 5) is 10.2. The van der Waals surface area contributed by atoms with E-state index in [1.54, 1.807) is 17.5 Å². The van der Waals surface area contributed by atoms with Crippen molar-refractivity contribution >= 4 is 17.3 Å². The molecule has 0 atom stereocenters. The van der Waals surface area contributed by atoms with Gasteiger partial charge in [0.1, 0.15) is 0 Å². The smallest absolute Gasteiger partial charge is 0.218 e. The van der Waals surface area contributed by atoms with Gasteiger partial charge in [-0.15, -0.1) is 11.3 Å². The second-order valence-corrected chi connectivity index (χ2v) is 5.98. The van der Waals surface area contributed by atoms with Crippen LogP contribution >= 0.6 is 11.3 Å². The molecule has 23 heavy (non-hydrogen) atoms. The Balaban J connectivity index is 1.99. The van der Waals surface area contributed by atoms with Gasteiger partial charge in [0, 0.05) is 23.2 Å². The van der Waals surface area contributed by atoms with Crippen molar-refractivity contribution in [2.45, 2.75) is 33.4 Å². The average Bonchev–Trinajstić information content (AvgIpc) is 3.09. The summed E-state index contributed by atoms with van der Waals surface area (Å²) in [6, 6.07) is 8.08. The maximum absolute atomic E-state index is 5.68. The monoisotopic (exact) mass is 332 g/mol. The van der Waals surface area contributed by atoms with Crippen LogP contribution < -0.4 is 15.4 Å². The first-order valence-corrected chi connectivity index (χ1v) is 8.82. The third-order valence-electron chi connectivity index (χ3n) is 3.05. The van der Waals surface area contributed by atoms with Gasteiger partial charge in [-0.1, -0.05) is 19.1 Å². The number of nitrogens with zero attached hydrogens (tertiary/aromatic N) is 2. The fourth-order valence-electron chi connectivity index (χ4n) is 1.96. The molecular formula is C17H24N4OS. The maximum atomic E-state index is 5.68. The molecule has 2 N–H and O–H groups in total. The lowest BCUT2D eigenvalue weighted by Crippen LogP contribution is -2.36.